The summed E-state index contributed by atoms with van der Waals surface area (Å²) in [5, 5.41) is 4.35. The second-order valence-electron chi connectivity index (χ2n) is 9.51. The molecule has 0 bridgehead atoms. The van der Waals surface area contributed by atoms with E-state index in [1.165, 1.54) is 22.2 Å². The third-order valence-electron chi connectivity index (χ3n) is 6.87. The van der Waals surface area contributed by atoms with Crippen LogP contribution in [0.2, 0.25) is 0 Å². The molecule has 6 rings (SSSR count). The van der Waals surface area contributed by atoms with E-state index < -0.39 is 0 Å². The summed E-state index contributed by atoms with van der Waals surface area (Å²) in [6.45, 7) is 2.02. The first-order valence-electron chi connectivity index (χ1n) is 12.8. The van der Waals surface area contributed by atoms with E-state index >= 15 is 0 Å². The summed E-state index contributed by atoms with van der Waals surface area (Å²) in [5.41, 5.74) is 5.77. The van der Waals surface area contributed by atoms with Crippen LogP contribution in [-0.2, 0) is 17.6 Å². The highest BCUT2D eigenvalue weighted by atomic mass is 32.2. The van der Waals surface area contributed by atoms with Crippen LogP contribution in [0.25, 0.3) is 27.0 Å². The molecule has 0 radical (unpaired) electrons. The second kappa shape index (κ2) is 10.6. The Balaban J connectivity index is 1.33. The molecule has 7 heteroatoms. The zero-order chi connectivity index (χ0) is 26.1. The minimum atomic E-state index is -0.145. The summed E-state index contributed by atoms with van der Waals surface area (Å²) in [5.74, 6) is -0.00784. The Morgan fingerprint density at radius 3 is 2.53 bits per heavy atom. The lowest BCUT2D eigenvalue weighted by atomic mass is 9.97. The molecule has 1 amide bonds. The molecule has 1 aliphatic rings. The highest BCUT2D eigenvalue weighted by Crippen LogP contribution is 2.35. The predicted octanol–water partition coefficient (Wildman–Crippen LogP) is 7.03. The first-order chi connectivity index (χ1) is 18.6. The molecular formula is C31H27N3O2S2. The SMILES string of the molecule is Cc1ccc(-n2c(SCC(=O)Nc3ccccc3-c3ccccc3)nc3sc4c(c3c2=O)CCCC4)cc1. The average Bonchev–Trinajstić information content (AvgIpc) is 3.32. The number of hydrogen-bond acceptors (Lipinski definition) is 5. The molecule has 190 valence electrons. The van der Waals surface area contributed by atoms with Crippen molar-refractivity contribution in [3.05, 3.63) is 105 Å². The van der Waals surface area contributed by atoms with E-state index in [0.717, 1.165) is 64.0 Å². The van der Waals surface area contributed by atoms with Gasteiger partial charge in [-0.1, -0.05) is 78.0 Å². The van der Waals surface area contributed by atoms with Crippen molar-refractivity contribution in [3.63, 3.8) is 0 Å². The van der Waals surface area contributed by atoms with E-state index in [4.69, 9.17) is 4.98 Å². The van der Waals surface area contributed by atoms with Crippen molar-refractivity contribution in [2.75, 3.05) is 11.1 Å². The summed E-state index contributed by atoms with van der Waals surface area (Å²) < 4.78 is 1.68. The monoisotopic (exact) mass is 537 g/mol. The quantitative estimate of drug-likeness (QED) is 0.187. The van der Waals surface area contributed by atoms with Gasteiger partial charge in [-0.05, 0) is 61.9 Å². The third-order valence-corrected chi connectivity index (χ3v) is 8.99. The summed E-state index contributed by atoms with van der Waals surface area (Å²) >= 11 is 2.93. The lowest BCUT2D eigenvalue weighted by Crippen LogP contribution is -2.23. The number of nitrogens with zero attached hydrogens (tertiary/aromatic N) is 2. The van der Waals surface area contributed by atoms with Crippen molar-refractivity contribution in [2.45, 2.75) is 37.8 Å². The topological polar surface area (TPSA) is 64.0 Å². The predicted molar refractivity (Wildman–Crippen MR) is 158 cm³/mol. The van der Waals surface area contributed by atoms with Crippen LogP contribution in [0.3, 0.4) is 0 Å². The number of aromatic nitrogens is 2. The van der Waals surface area contributed by atoms with E-state index in [2.05, 4.69) is 5.32 Å². The van der Waals surface area contributed by atoms with Crippen LogP contribution in [0, 0.1) is 6.92 Å². The Labute approximate surface area is 229 Å². The zero-order valence-corrected chi connectivity index (χ0v) is 22.7. The number of anilines is 1. The number of thiophene rings is 1. The maximum atomic E-state index is 13.9. The number of aryl methyl sites for hydroxylation is 3. The number of carbonyl (C=O) groups excluding carboxylic acids is 1. The van der Waals surface area contributed by atoms with Crippen LogP contribution in [0.5, 0.6) is 0 Å². The number of amides is 1. The number of rotatable bonds is 6. The van der Waals surface area contributed by atoms with Gasteiger partial charge in [-0.15, -0.1) is 11.3 Å². The van der Waals surface area contributed by atoms with E-state index in [1.54, 1.807) is 15.9 Å². The van der Waals surface area contributed by atoms with E-state index in [-0.39, 0.29) is 17.2 Å². The van der Waals surface area contributed by atoms with Crippen molar-refractivity contribution in [2.24, 2.45) is 0 Å². The second-order valence-corrected chi connectivity index (χ2v) is 11.5. The fourth-order valence-corrected chi connectivity index (χ4v) is 7.10. The first kappa shape index (κ1) is 24.6. The molecule has 2 aromatic heterocycles. The van der Waals surface area contributed by atoms with Crippen LogP contribution in [0.1, 0.15) is 28.8 Å². The van der Waals surface area contributed by atoms with Crippen LogP contribution >= 0.6 is 23.1 Å². The smallest absolute Gasteiger partial charge is 0.267 e. The molecule has 5 nitrogen and oxygen atoms in total. The highest BCUT2D eigenvalue weighted by Gasteiger charge is 2.23. The maximum Gasteiger partial charge on any atom is 0.267 e. The largest absolute Gasteiger partial charge is 0.325 e. The number of nitrogens with one attached hydrogen (secondary N) is 1. The Hall–Kier alpha value is -3.68. The molecule has 0 spiro atoms. The first-order valence-corrected chi connectivity index (χ1v) is 14.6. The van der Waals surface area contributed by atoms with Gasteiger partial charge in [0, 0.05) is 16.1 Å². The van der Waals surface area contributed by atoms with Gasteiger partial charge in [-0.2, -0.15) is 0 Å². The summed E-state index contributed by atoms with van der Waals surface area (Å²) in [6, 6.07) is 25.7. The number of fused-ring (bicyclic) bond motifs is 3. The van der Waals surface area contributed by atoms with Crippen LogP contribution in [0.15, 0.2) is 88.8 Å². The Morgan fingerprint density at radius 1 is 0.974 bits per heavy atom. The molecule has 0 unspecified atom stereocenters. The molecule has 0 aliphatic heterocycles. The number of hydrogen-bond donors (Lipinski definition) is 1. The summed E-state index contributed by atoms with van der Waals surface area (Å²) in [7, 11) is 0. The van der Waals surface area contributed by atoms with Crippen LogP contribution in [-0.4, -0.2) is 21.2 Å². The van der Waals surface area contributed by atoms with Crippen molar-refractivity contribution < 1.29 is 4.79 Å². The van der Waals surface area contributed by atoms with Crippen molar-refractivity contribution in [3.8, 4) is 16.8 Å². The average molecular weight is 538 g/mol. The van der Waals surface area contributed by atoms with Gasteiger partial charge in [-0.25, -0.2) is 4.98 Å². The normalized spacial score (nSPS) is 12.9. The Bertz CT molecular complexity index is 1690. The van der Waals surface area contributed by atoms with Crippen LogP contribution < -0.4 is 10.9 Å². The van der Waals surface area contributed by atoms with Gasteiger partial charge in [0.15, 0.2) is 5.16 Å². The van der Waals surface area contributed by atoms with E-state index in [0.29, 0.717) is 5.16 Å². The minimum Gasteiger partial charge on any atom is -0.325 e. The van der Waals surface area contributed by atoms with Crippen molar-refractivity contribution in [1.82, 2.24) is 9.55 Å². The molecular weight excluding hydrogens is 510 g/mol. The lowest BCUT2D eigenvalue weighted by molar-refractivity contribution is -0.113. The number of thioether (sulfide) groups is 1. The van der Waals surface area contributed by atoms with Gasteiger partial charge < -0.3 is 5.32 Å². The molecule has 1 aliphatic carbocycles. The molecule has 5 aromatic rings. The maximum absolute atomic E-state index is 13.9. The molecule has 2 heterocycles. The van der Waals surface area contributed by atoms with Gasteiger partial charge in [0.1, 0.15) is 4.83 Å². The molecule has 1 N–H and O–H groups in total. The number of para-hydroxylation sites is 1. The van der Waals surface area contributed by atoms with Gasteiger partial charge >= 0.3 is 0 Å². The molecule has 38 heavy (non-hydrogen) atoms. The van der Waals surface area contributed by atoms with Gasteiger partial charge in [-0.3, -0.25) is 14.2 Å². The molecule has 0 atom stereocenters. The molecule has 3 aromatic carbocycles. The fourth-order valence-electron chi connectivity index (χ4n) is 4.98. The lowest BCUT2D eigenvalue weighted by Gasteiger charge is -2.14. The summed E-state index contributed by atoms with van der Waals surface area (Å²) in [4.78, 5) is 34.1. The summed E-state index contributed by atoms with van der Waals surface area (Å²) in [6.07, 6.45) is 4.18. The molecule has 0 saturated carbocycles. The van der Waals surface area contributed by atoms with Crippen molar-refractivity contribution in [1.29, 1.82) is 0 Å². The number of carbonyl (C=O) groups is 1. The fraction of sp³-hybridized carbons (Fsp3) is 0.194. The van der Waals surface area contributed by atoms with E-state index in [9.17, 15) is 9.59 Å². The standard InChI is InChI=1S/C31H27N3O2S2/c1-20-15-17-22(18-16-20)34-30(36)28-24-12-6-8-14-26(24)38-29(28)33-31(34)37-19-27(35)32-25-13-7-5-11-23(25)21-9-3-2-4-10-21/h2-5,7,9-11,13,15-18H,6,8,12,14,19H2,1H3,(H,32,35). The number of benzene rings is 3. The minimum absolute atomic E-state index is 0.0458. The highest BCUT2D eigenvalue weighted by molar-refractivity contribution is 7.99. The van der Waals surface area contributed by atoms with Crippen LogP contribution in [0.4, 0.5) is 5.69 Å². The van der Waals surface area contributed by atoms with Gasteiger partial charge in [0.2, 0.25) is 5.91 Å². The third kappa shape index (κ3) is 4.79. The zero-order valence-electron chi connectivity index (χ0n) is 21.1. The van der Waals surface area contributed by atoms with E-state index in [1.807, 2.05) is 85.8 Å². The van der Waals surface area contributed by atoms with Gasteiger partial charge in [0.05, 0.1) is 16.8 Å². The van der Waals surface area contributed by atoms with Gasteiger partial charge in [0.25, 0.3) is 5.56 Å². The Morgan fingerprint density at radius 2 is 1.71 bits per heavy atom. The molecule has 0 fully saturated rings. The van der Waals surface area contributed by atoms with Crippen molar-refractivity contribution >= 4 is 44.9 Å². The Kier molecular flexibility index (Phi) is 6.87. The molecule has 0 saturated heterocycles.